The molecule has 2 rings (SSSR count). The summed E-state index contributed by atoms with van der Waals surface area (Å²) in [6.07, 6.45) is 2.81. The molecule has 1 aromatic carbocycles. The van der Waals surface area contributed by atoms with Crippen LogP contribution in [-0.2, 0) is 4.79 Å². The average Bonchev–Trinajstić information content (AvgIpc) is 2.94. The molecule has 0 bridgehead atoms. The Labute approximate surface area is 118 Å². The fraction of sp³-hybridized carbons (Fsp3) is 0.467. The number of aromatic carboxylic acids is 1. The van der Waals surface area contributed by atoms with Gasteiger partial charge < -0.3 is 15.7 Å². The third kappa shape index (κ3) is 2.67. The molecule has 0 radical (unpaired) electrons. The molecule has 0 spiro atoms. The molecule has 2 unspecified atom stereocenters. The molecular formula is C15H20N2O3. The highest BCUT2D eigenvalue weighted by Gasteiger charge is 2.34. The normalized spacial score (nSPS) is 21.7. The molecule has 1 amide bonds. The molecule has 5 nitrogen and oxygen atoms in total. The van der Waals surface area contributed by atoms with E-state index in [1.165, 1.54) is 11.0 Å². The lowest BCUT2D eigenvalue weighted by Crippen LogP contribution is -2.37. The summed E-state index contributed by atoms with van der Waals surface area (Å²) in [6.45, 7) is 0.505. The Morgan fingerprint density at radius 1 is 1.35 bits per heavy atom. The van der Waals surface area contributed by atoms with Crippen molar-refractivity contribution in [2.75, 3.05) is 18.5 Å². The van der Waals surface area contributed by atoms with Crippen molar-refractivity contribution in [1.82, 2.24) is 0 Å². The van der Waals surface area contributed by atoms with Crippen LogP contribution in [0.4, 0.5) is 5.69 Å². The first-order valence-electron chi connectivity index (χ1n) is 6.86. The Morgan fingerprint density at radius 3 is 2.70 bits per heavy atom. The van der Waals surface area contributed by atoms with Crippen LogP contribution in [0.5, 0.6) is 0 Å². The van der Waals surface area contributed by atoms with E-state index in [0.29, 0.717) is 12.2 Å². The van der Waals surface area contributed by atoms with Crippen molar-refractivity contribution in [2.24, 2.45) is 17.6 Å². The second-order valence-corrected chi connectivity index (χ2v) is 5.25. The number of amides is 1. The predicted molar refractivity (Wildman–Crippen MR) is 76.7 cm³/mol. The molecule has 0 aliphatic heterocycles. The van der Waals surface area contributed by atoms with Gasteiger partial charge in [-0.05, 0) is 37.4 Å². The van der Waals surface area contributed by atoms with Gasteiger partial charge in [0.2, 0.25) is 5.91 Å². The van der Waals surface area contributed by atoms with Gasteiger partial charge in [0.15, 0.2) is 0 Å². The lowest BCUT2D eigenvalue weighted by molar-refractivity contribution is -0.123. The van der Waals surface area contributed by atoms with E-state index >= 15 is 0 Å². The third-order valence-corrected chi connectivity index (χ3v) is 4.11. The van der Waals surface area contributed by atoms with Crippen LogP contribution in [0.1, 0.15) is 29.6 Å². The van der Waals surface area contributed by atoms with E-state index in [-0.39, 0.29) is 23.3 Å². The lowest BCUT2D eigenvalue weighted by atomic mass is 9.94. The van der Waals surface area contributed by atoms with Crippen LogP contribution >= 0.6 is 0 Å². The summed E-state index contributed by atoms with van der Waals surface area (Å²) in [5.74, 6) is -0.942. The number of carbonyl (C=O) groups is 2. The standard InChI is InChI=1S/C15H20N2O3/c1-17(13-8-3-2-6-12(13)15(19)20)14(18)11-7-4-5-10(11)9-16/h2-3,6,8,10-11H,4-5,7,9,16H2,1H3,(H,19,20). The van der Waals surface area contributed by atoms with Crippen molar-refractivity contribution >= 4 is 17.6 Å². The highest BCUT2D eigenvalue weighted by Crippen LogP contribution is 2.33. The summed E-state index contributed by atoms with van der Waals surface area (Å²) >= 11 is 0. The minimum atomic E-state index is -1.03. The average molecular weight is 276 g/mol. The zero-order valence-electron chi connectivity index (χ0n) is 11.6. The van der Waals surface area contributed by atoms with Crippen molar-refractivity contribution < 1.29 is 14.7 Å². The number of para-hydroxylation sites is 1. The van der Waals surface area contributed by atoms with Crippen LogP contribution in [0.15, 0.2) is 24.3 Å². The summed E-state index contributed by atoms with van der Waals surface area (Å²) in [5, 5.41) is 9.20. The van der Waals surface area contributed by atoms with Gasteiger partial charge in [0, 0.05) is 13.0 Å². The molecule has 20 heavy (non-hydrogen) atoms. The number of carboxylic acids is 1. The predicted octanol–water partition coefficient (Wildman–Crippen LogP) is 1.72. The van der Waals surface area contributed by atoms with Crippen molar-refractivity contribution in [3.05, 3.63) is 29.8 Å². The van der Waals surface area contributed by atoms with Crippen LogP contribution in [0.2, 0.25) is 0 Å². The van der Waals surface area contributed by atoms with Crippen LogP contribution in [-0.4, -0.2) is 30.6 Å². The molecule has 3 N–H and O–H groups in total. The van der Waals surface area contributed by atoms with Crippen molar-refractivity contribution in [3.8, 4) is 0 Å². The zero-order valence-corrected chi connectivity index (χ0v) is 11.6. The smallest absolute Gasteiger partial charge is 0.337 e. The molecule has 108 valence electrons. The van der Waals surface area contributed by atoms with E-state index in [0.717, 1.165) is 19.3 Å². The molecule has 1 aliphatic carbocycles. The Morgan fingerprint density at radius 2 is 2.05 bits per heavy atom. The number of benzene rings is 1. The SMILES string of the molecule is CN(C(=O)C1CCCC1CN)c1ccccc1C(=O)O. The largest absolute Gasteiger partial charge is 0.478 e. The quantitative estimate of drug-likeness (QED) is 0.877. The molecule has 1 aromatic rings. The maximum atomic E-state index is 12.6. The molecule has 1 saturated carbocycles. The molecule has 2 atom stereocenters. The number of carboxylic acid groups (broad SMARTS) is 1. The highest BCUT2D eigenvalue weighted by atomic mass is 16.4. The zero-order chi connectivity index (χ0) is 14.7. The van der Waals surface area contributed by atoms with E-state index in [2.05, 4.69) is 0 Å². The first-order valence-corrected chi connectivity index (χ1v) is 6.86. The van der Waals surface area contributed by atoms with Crippen LogP contribution in [0.25, 0.3) is 0 Å². The van der Waals surface area contributed by atoms with Gasteiger partial charge >= 0.3 is 5.97 Å². The summed E-state index contributed by atoms with van der Waals surface area (Å²) in [6, 6.07) is 6.56. The van der Waals surface area contributed by atoms with Gasteiger partial charge in [-0.3, -0.25) is 4.79 Å². The van der Waals surface area contributed by atoms with Crippen molar-refractivity contribution in [2.45, 2.75) is 19.3 Å². The summed E-state index contributed by atoms with van der Waals surface area (Å²) in [4.78, 5) is 25.3. The summed E-state index contributed by atoms with van der Waals surface area (Å²) < 4.78 is 0. The number of hydrogen-bond donors (Lipinski definition) is 2. The Kier molecular flexibility index (Phi) is 4.39. The van der Waals surface area contributed by atoms with Crippen LogP contribution in [0, 0.1) is 11.8 Å². The number of rotatable bonds is 4. The fourth-order valence-electron chi connectivity index (χ4n) is 2.96. The first-order chi connectivity index (χ1) is 9.56. The second-order valence-electron chi connectivity index (χ2n) is 5.25. The Balaban J connectivity index is 2.25. The fourth-order valence-corrected chi connectivity index (χ4v) is 2.96. The van der Waals surface area contributed by atoms with E-state index in [1.807, 2.05) is 0 Å². The van der Waals surface area contributed by atoms with Gasteiger partial charge in [-0.2, -0.15) is 0 Å². The van der Waals surface area contributed by atoms with Gasteiger partial charge in [0.05, 0.1) is 11.3 Å². The van der Waals surface area contributed by atoms with E-state index in [1.54, 1.807) is 25.2 Å². The molecular weight excluding hydrogens is 256 g/mol. The molecule has 0 saturated heterocycles. The minimum absolute atomic E-state index is 0.0355. The number of hydrogen-bond acceptors (Lipinski definition) is 3. The lowest BCUT2D eigenvalue weighted by Gasteiger charge is -2.25. The molecule has 5 heteroatoms. The van der Waals surface area contributed by atoms with E-state index in [9.17, 15) is 14.7 Å². The highest BCUT2D eigenvalue weighted by molar-refractivity contribution is 6.02. The Hall–Kier alpha value is -1.88. The van der Waals surface area contributed by atoms with Crippen LogP contribution < -0.4 is 10.6 Å². The third-order valence-electron chi connectivity index (χ3n) is 4.11. The number of nitrogens with zero attached hydrogens (tertiary/aromatic N) is 1. The number of nitrogens with two attached hydrogens (primary N) is 1. The minimum Gasteiger partial charge on any atom is -0.478 e. The summed E-state index contributed by atoms with van der Waals surface area (Å²) in [7, 11) is 1.63. The van der Waals surface area contributed by atoms with Gasteiger partial charge in [0.25, 0.3) is 0 Å². The second kappa shape index (κ2) is 6.05. The van der Waals surface area contributed by atoms with Gasteiger partial charge in [-0.25, -0.2) is 4.79 Å². The van der Waals surface area contributed by atoms with Gasteiger partial charge in [0.1, 0.15) is 0 Å². The van der Waals surface area contributed by atoms with E-state index in [4.69, 9.17) is 5.73 Å². The van der Waals surface area contributed by atoms with Crippen molar-refractivity contribution in [3.63, 3.8) is 0 Å². The van der Waals surface area contributed by atoms with Gasteiger partial charge in [-0.15, -0.1) is 0 Å². The first kappa shape index (κ1) is 14.5. The number of carbonyl (C=O) groups excluding carboxylic acids is 1. The van der Waals surface area contributed by atoms with Crippen molar-refractivity contribution in [1.29, 1.82) is 0 Å². The molecule has 1 aliphatic rings. The van der Waals surface area contributed by atoms with E-state index < -0.39 is 5.97 Å². The van der Waals surface area contributed by atoms with Crippen LogP contribution in [0.3, 0.4) is 0 Å². The molecule has 0 heterocycles. The Bertz CT molecular complexity index is 516. The molecule has 1 fully saturated rings. The molecule has 0 aromatic heterocycles. The number of anilines is 1. The van der Waals surface area contributed by atoms with Gasteiger partial charge in [-0.1, -0.05) is 18.6 Å². The maximum absolute atomic E-state index is 12.6. The topological polar surface area (TPSA) is 83.6 Å². The summed E-state index contributed by atoms with van der Waals surface area (Å²) in [5.41, 5.74) is 6.30. The monoisotopic (exact) mass is 276 g/mol. The maximum Gasteiger partial charge on any atom is 0.337 e.